The Balaban J connectivity index is 1.20. The molecule has 3 aliphatic rings. The summed E-state index contributed by atoms with van der Waals surface area (Å²) in [6, 6.07) is 12.9. The molecule has 4 heterocycles. The van der Waals surface area contributed by atoms with E-state index in [4.69, 9.17) is 4.98 Å². The third-order valence-electron chi connectivity index (χ3n) is 8.73. The van der Waals surface area contributed by atoms with E-state index in [1.54, 1.807) is 28.1 Å². The number of hydrogen-bond acceptors (Lipinski definition) is 6. The fourth-order valence-corrected chi connectivity index (χ4v) is 6.48. The first kappa shape index (κ1) is 28.9. The first-order valence-electron chi connectivity index (χ1n) is 14.6. The van der Waals surface area contributed by atoms with Crippen LogP contribution in [0.1, 0.15) is 59.1 Å². The van der Waals surface area contributed by atoms with Crippen molar-refractivity contribution in [3.05, 3.63) is 93.8 Å². The van der Waals surface area contributed by atoms with Gasteiger partial charge in [0, 0.05) is 74.5 Å². The maximum atomic E-state index is 14.4. The van der Waals surface area contributed by atoms with Crippen molar-refractivity contribution in [2.24, 2.45) is 0 Å². The molecule has 0 radical (unpaired) electrons. The predicted octanol–water partition coefficient (Wildman–Crippen LogP) is 3.76. The molecule has 8 nitrogen and oxygen atoms in total. The monoisotopic (exact) mass is 584 g/mol. The Morgan fingerprint density at radius 2 is 2.00 bits per heavy atom. The van der Waals surface area contributed by atoms with E-state index in [2.05, 4.69) is 37.1 Å². The van der Waals surface area contributed by atoms with Gasteiger partial charge in [-0.25, -0.2) is 8.78 Å². The highest BCUT2D eigenvalue weighted by atomic mass is 19.1. The molecular weight excluding hydrogens is 550 g/mol. The molecule has 1 N–H and O–H groups in total. The summed E-state index contributed by atoms with van der Waals surface area (Å²) in [6.07, 6.45) is 1.93. The van der Waals surface area contributed by atoms with Gasteiger partial charge in [0.05, 0.1) is 29.6 Å². The molecule has 1 saturated heterocycles. The molecule has 0 saturated carbocycles. The molecule has 2 atom stereocenters. The topological polar surface area (TPSA) is 92.6 Å². The number of anilines is 1. The van der Waals surface area contributed by atoms with Gasteiger partial charge in [-0.15, -0.1) is 0 Å². The highest BCUT2D eigenvalue weighted by molar-refractivity contribution is 5.99. The molecular formula is C33H34F2N6O2. The minimum Gasteiger partial charge on any atom is -0.333 e. The molecule has 2 aromatic carbocycles. The summed E-state index contributed by atoms with van der Waals surface area (Å²) in [7, 11) is 0. The smallest absolute Gasteiger partial charge is 0.254 e. The minimum atomic E-state index is -0.626. The summed E-state index contributed by atoms with van der Waals surface area (Å²) >= 11 is 0. The summed E-state index contributed by atoms with van der Waals surface area (Å²) in [6.45, 7) is 9.04. The molecule has 6 rings (SSSR count). The van der Waals surface area contributed by atoms with Crippen LogP contribution in [0, 0.1) is 23.0 Å². The first-order valence-corrected chi connectivity index (χ1v) is 14.6. The lowest BCUT2D eigenvalue weighted by molar-refractivity contribution is -0.120. The number of halogens is 2. The van der Waals surface area contributed by atoms with Crippen molar-refractivity contribution >= 4 is 17.5 Å². The van der Waals surface area contributed by atoms with Gasteiger partial charge < -0.3 is 15.1 Å². The highest BCUT2D eigenvalue weighted by Crippen LogP contribution is 2.40. The number of carbonyl (C=O) groups is 2. The second-order valence-electron chi connectivity index (χ2n) is 12.5. The Kier molecular flexibility index (Phi) is 7.48. The van der Waals surface area contributed by atoms with Crippen molar-refractivity contribution in [3.63, 3.8) is 0 Å². The molecule has 222 valence electrons. The van der Waals surface area contributed by atoms with Gasteiger partial charge in [-0.3, -0.25) is 19.5 Å². The summed E-state index contributed by atoms with van der Waals surface area (Å²) in [4.78, 5) is 37.6. The van der Waals surface area contributed by atoms with E-state index in [1.807, 2.05) is 12.1 Å². The van der Waals surface area contributed by atoms with E-state index in [0.717, 1.165) is 22.9 Å². The van der Waals surface area contributed by atoms with Crippen molar-refractivity contribution < 1.29 is 18.4 Å². The van der Waals surface area contributed by atoms with E-state index in [9.17, 15) is 23.6 Å². The van der Waals surface area contributed by atoms with Crippen LogP contribution >= 0.6 is 0 Å². The van der Waals surface area contributed by atoms with Crippen LogP contribution in [0.2, 0.25) is 0 Å². The number of benzene rings is 2. The molecule has 0 unspecified atom stereocenters. The van der Waals surface area contributed by atoms with Crippen LogP contribution in [0.15, 0.2) is 48.7 Å². The summed E-state index contributed by atoms with van der Waals surface area (Å²) < 4.78 is 27.8. The molecule has 43 heavy (non-hydrogen) atoms. The van der Waals surface area contributed by atoms with Crippen molar-refractivity contribution in [1.29, 1.82) is 5.26 Å². The second-order valence-corrected chi connectivity index (χ2v) is 12.5. The zero-order valence-corrected chi connectivity index (χ0v) is 24.5. The van der Waals surface area contributed by atoms with Crippen LogP contribution in [0.25, 0.3) is 0 Å². The van der Waals surface area contributed by atoms with Gasteiger partial charge in [-0.2, -0.15) is 5.26 Å². The lowest BCUT2D eigenvalue weighted by Crippen LogP contribution is -2.60. The molecule has 3 aromatic rings. The van der Waals surface area contributed by atoms with Crippen molar-refractivity contribution in [1.82, 2.24) is 20.1 Å². The number of nitrogens with one attached hydrogen (secondary N) is 1. The molecule has 0 aliphatic carbocycles. The maximum absolute atomic E-state index is 14.4. The van der Waals surface area contributed by atoms with E-state index in [-0.39, 0.29) is 42.3 Å². The minimum absolute atomic E-state index is 0.0625. The first-order chi connectivity index (χ1) is 20.5. The van der Waals surface area contributed by atoms with Gasteiger partial charge in [-0.1, -0.05) is 26.0 Å². The average molecular weight is 585 g/mol. The van der Waals surface area contributed by atoms with E-state index in [1.165, 1.54) is 12.1 Å². The number of amides is 2. The molecule has 3 aliphatic heterocycles. The van der Waals surface area contributed by atoms with Gasteiger partial charge >= 0.3 is 0 Å². The summed E-state index contributed by atoms with van der Waals surface area (Å²) in [5, 5.41) is 12.7. The van der Waals surface area contributed by atoms with E-state index >= 15 is 0 Å². The lowest BCUT2D eigenvalue weighted by atomic mass is 9.91. The number of piperazine rings is 1. The van der Waals surface area contributed by atoms with Crippen LogP contribution in [-0.2, 0) is 23.2 Å². The molecule has 2 amide bonds. The number of carbonyl (C=O) groups excluding carboxylic acids is 2. The molecule has 1 fully saturated rings. The average Bonchev–Trinajstić information content (AvgIpc) is 3.43. The van der Waals surface area contributed by atoms with Crippen LogP contribution in [0.5, 0.6) is 0 Å². The van der Waals surface area contributed by atoms with Crippen molar-refractivity contribution in [3.8, 4) is 6.07 Å². The number of fused-ring (bicyclic) bond motifs is 2. The van der Waals surface area contributed by atoms with Crippen LogP contribution in [0.3, 0.4) is 0 Å². The van der Waals surface area contributed by atoms with E-state index in [0.29, 0.717) is 55.1 Å². The number of rotatable bonds is 6. The molecule has 10 heteroatoms. The normalized spacial score (nSPS) is 21.1. The third kappa shape index (κ3) is 5.63. The fraction of sp³-hybridized carbons (Fsp3) is 0.394. The SMILES string of the molecule is C[C@@H]1CN(CC(=O)N2CC(C)(C)c3ncc(Cc4ccc(F)cc4F)cc32)[C@@H](CN2Cc3ccc(C#N)cc3C2=O)CN1. The number of nitrogens with zero attached hydrogens (tertiary/aromatic N) is 5. The third-order valence-corrected chi connectivity index (χ3v) is 8.73. The van der Waals surface area contributed by atoms with Gasteiger partial charge in [0.1, 0.15) is 11.6 Å². The highest BCUT2D eigenvalue weighted by Gasteiger charge is 2.41. The zero-order valence-electron chi connectivity index (χ0n) is 24.5. The van der Waals surface area contributed by atoms with Crippen LogP contribution in [0.4, 0.5) is 14.5 Å². The number of nitriles is 1. The van der Waals surface area contributed by atoms with Gasteiger partial charge in [0.25, 0.3) is 5.91 Å². The number of hydrogen-bond donors (Lipinski definition) is 1. The second kappa shape index (κ2) is 11.1. The van der Waals surface area contributed by atoms with Gasteiger partial charge in [0.15, 0.2) is 0 Å². The van der Waals surface area contributed by atoms with Gasteiger partial charge in [0.2, 0.25) is 5.91 Å². The Morgan fingerprint density at radius 3 is 2.77 bits per heavy atom. The quantitative estimate of drug-likeness (QED) is 0.475. The van der Waals surface area contributed by atoms with Gasteiger partial charge in [-0.05, 0) is 47.9 Å². The Morgan fingerprint density at radius 1 is 1.19 bits per heavy atom. The number of pyridine rings is 1. The Bertz CT molecular complexity index is 1650. The summed E-state index contributed by atoms with van der Waals surface area (Å²) in [5.41, 5.74) is 4.19. The number of aromatic nitrogens is 1. The zero-order chi connectivity index (χ0) is 30.5. The van der Waals surface area contributed by atoms with Crippen LogP contribution in [-0.4, -0.2) is 71.4 Å². The predicted molar refractivity (Wildman–Crippen MR) is 158 cm³/mol. The standard InChI is InChI=1S/C33H34F2N6O2/c1-20-15-39(26(14-37-20)17-40-16-24-5-4-21(12-36)9-27(24)32(40)43)18-30(42)41-19-33(2,3)31-29(41)10-22(13-38-31)8-23-6-7-25(34)11-28(23)35/h4-7,9-11,13,20,26,37H,8,14-19H2,1-3H3/t20-,26-/m1/s1. The lowest BCUT2D eigenvalue weighted by Gasteiger charge is -2.41. The van der Waals surface area contributed by atoms with Crippen molar-refractivity contribution in [2.45, 2.75) is 51.2 Å². The Labute approximate surface area is 249 Å². The van der Waals surface area contributed by atoms with Crippen LogP contribution < -0.4 is 10.2 Å². The van der Waals surface area contributed by atoms with E-state index < -0.39 is 11.6 Å². The Hall–Kier alpha value is -4.20. The molecule has 0 bridgehead atoms. The largest absolute Gasteiger partial charge is 0.333 e. The molecule has 1 aromatic heterocycles. The van der Waals surface area contributed by atoms with Crippen molar-refractivity contribution in [2.75, 3.05) is 37.6 Å². The maximum Gasteiger partial charge on any atom is 0.254 e. The molecule has 0 spiro atoms. The fourth-order valence-electron chi connectivity index (χ4n) is 6.48. The summed E-state index contributed by atoms with van der Waals surface area (Å²) in [5.74, 6) is -1.40.